The number of para-hydroxylation sites is 1. The van der Waals surface area contributed by atoms with Crippen molar-refractivity contribution in [3.63, 3.8) is 0 Å². The molecule has 2 aromatic carbocycles. The monoisotopic (exact) mass is 450 g/mol. The Morgan fingerprint density at radius 3 is 2.38 bits per heavy atom. The summed E-state index contributed by atoms with van der Waals surface area (Å²) in [5.74, 6) is -2.14. The second-order valence-corrected chi connectivity index (χ2v) is 8.57. The highest BCUT2D eigenvalue weighted by atomic mass is 35.5. The Labute approximate surface area is 189 Å². The van der Waals surface area contributed by atoms with Crippen LogP contribution in [0.25, 0.3) is 0 Å². The maximum atomic E-state index is 13.0. The lowest BCUT2D eigenvalue weighted by atomic mass is 9.85. The molecule has 2 aromatic rings. The maximum absolute atomic E-state index is 13.0. The largest absolute Gasteiger partial charge is 0.452 e. The molecule has 2 fully saturated rings. The van der Waals surface area contributed by atoms with Crippen LogP contribution in [0.5, 0.6) is 0 Å². The standard InChI is InChI=1S/C24H19ClN2O5/c25-17-6-1-2-7-18(17)26-19(28)12-32-24(31)15-4-3-5-16(11-15)27-22(29)20-13-8-9-14(10-13)21(20)23(27)30/h1-9,11,13-14,20-21H,10,12H2,(H,26,28)/t13-,14-,20-,21-/m0/s1. The van der Waals surface area contributed by atoms with Crippen LogP contribution in [-0.2, 0) is 19.1 Å². The topological polar surface area (TPSA) is 92.8 Å². The molecule has 3 amide bonds. The summed E-state index contributed by atoms with van der Waals surface area (Å²) in [6.07, 6.45) is 4.91. The fourth-order valence-corrected chi connectivity index (χ4v) is 5.08. The first-order chi connectivity index (χ1) is 15.4. The number of allylic oxidation sites excluding steroid dienone is 2. The smallest absolute Gasteiger partial charge is 0.338 e. The number of fused-ring (bicyclic) bond motifs is 5. The van der Waals surface area contributed by atoms with Crippen molar-refractivity contribution in [1.29, 1.82) is 0 Å². The van der Waals surface area contributed by atoms with E-state index in [0.29, 0.717) is 16.4 Å². The Morgan fingerprint density at radius 1 is 1.00 bits per heavy atom. The number of hydrogen-bond acceptors (Lipinski definition) is 5. The van der Waals surface area contributed by atoms with E-state index in [1.54, 1.807) is 36.4 Å². The van der Waals surface area contributed by atoms with E-state index in [1.807, 2.05) is 12.2 Å². The van der Waals surface area contributed by atoms with Crippen LogP contribution in [0.2, 0.25) is 5.02 Å². The van der Waals surface area contributed by atoms with Gasteiger partial charge in [0, 0.05) is 0 Å². The van der Waals surface area contributed by atoms with Gasteiger partial charge >= 0.3 is 5.97 Å². The Bertz CT molecular complexity index is 1150. The first-order valence-electron chi connectivity index (χ1n) is 10.3. The van der Waals surface area contributed by atoms with E-state index in [1.165, 1.54) is 17.0 Å². The van der Waals surface area contributed by atoms with Crippen molar-refractivity contribution in [1.82, 2.24) is 0 Å². The minimum Gasteiger partial charge on any atom is -0.452 e. The molecule has 1 N–H and O–H groups in total. The summed E-state index contributed by atoms with van der Waals surface area (Å²) >= 11 is 6.00. The van der Waals surface area contributed by atoms with Crippen LogP contribution in [0.3, 0.4) is 0 Å². The minimum absolute atomic E-state index is 0.108. The van der Waals surface area contributed by atoms with Gasteiger partial charge in [-0.05, 0) is 48.6 Å². The molecule has 0 unspecified atom stereocenters. The highest BCUT2D eigenvalue weighted by Crippen LogP contribution is 2.53. The normalized spacial score (nSPS) is 25.2. The van der Waals surface area contributed by atoms with Crippen molar-refractivity contribution in [2.24, 2.45) is 23.7 Å². The van der Waals surface area contributed by atoms with Gasteiger partial charge in [0.2, 0.25) is 11.8 Å². The number of imide groups is 1. The third kappa shape index (κ3) is 3.39. The molecule has 4 atom stereocenters. The average molecular weight is 451 g/mol. The van der Waals surface area contributed by atoms with Crippen LogP contribution < -0.4 is 10.2 Å². The number of hydrogen-bond donors (Lipinski definition) is 1. The van der Waals surface area contributed by atoms with Crippen LogP contribution in [0.1, 0.15) is 16.8 Å². The lowest BCUT2D eigenvalue weighted by Gasteiger charge is -2.18. The van der Waals surface area contributed by atoms with E-state index in [2.05, 4.69) is 5.32 Å². The Kier molecular flexibility index (Phi) is 5.06. The van der Waals surface area contributed by atoms with Gasteiger partial charge in [-0.15, -0.1) is 0 Å². The molecule has 0 spiro atoms. The molecule has 7 nitrogen and oxygen atoms in total. The quantitative estimate of drug-likeness (QED) is 0.428. The van der Waals surface area contributed by atoms with Gasteiger partial charge in [0.05, 0.1) is 33.8 Å². The number of esters is 1. The summed E-state index contributed by atoms with van der Waals surface area (Å²) in [6, 6.07) is 12.9. The maximum Gasteiger partial charge on any atom is 0.338 e. The number of rotatable bonds is 5. The van der Waals surface area contributed by atoms with Crippen LogP contribution >= 0.6 is 11.6 Å². The van der Waals surface area contributed by atoms with Gasteiger partial charge in [-0.2, -0.15) is 0 Å². The minimum atomic E-state index is -0.734. The zero-order valence-corrected chi connectivity index (χ0v) is 17.6. The Balaban J connectivity index is 1.26. The molecule has 2 aliphatic carbocycles. The number of carbonyl (C=O) groups excluding carboxylic acids is 4. The summed E-state index contributed by atoms with van der Waals surface area (Å²) in [5, 5.41) is 2.94. The first kappa shape index (κ1) is 20.5. The number of ether oxygens (including phenoxy) is 1. The van der Waals surface area contributed by atoms with Crippen LogP contribution in [0.4, 0.5) is 11.4 Å². The molecule has 0 aromatic heterocycles. The van der Waals surface area contributed by atoms with E-state index in [4.69, 9.17) is 16.3 Å². The highest BCUT2D eigenvalue weighted by Gasteiger charge is 2.59. The van der Waals surface area contributed by atoms with E-state index in [0.717, 1.165) is 6.42 Å². The predicted octanol–water partition coefficient (Wildman–Crippen LogP) is 3.45. The fraction of sp³-hybridized carbons (Fsp3) is 0.250. The van der Waals surface area contributed by atoms with Crippen molar-refractivity contribution >= 4 is 46.7 Å². The number of amides is 3. The average Bonchev–Trinajstić information content (AvgIpc) is 3.47. The van der Waals surface area contributed by atoms with E-state index < -0.39 is 18.5 Å². The zero-order chi connectivity index (χ0) is 22.4. The lowest BCUT2D eigenvalue weighted by molar-refractivity contribution is -0.123. The number of benzene rings is 2. The van der Waals surface area contributed by atoms with Crippen LogP contribution in [0, 0.1) is 23.7 Å². The molecule has 162 valence electrons. The zero-order valence-electron chi connectivity index (χ0n) is 16.9. The highest BCUT2D eigenvalue weighted by molar-refractivity contribution is 6.33. The Hall–Kier alpha value is -3.45. The van der Waals surface area contributed by atoms with Crippen molar-refractivity contribution < 1.29 is 23.9 Å². The molecule has 32 heavy (non-hydrogen) atoms. The summed E-state index contributed by atoms with van der Waals surface area (Å²) < 4.78 is 5.10. The molecular formula is C24H19ClN2O5. The molecule has 1 aliphatic heterocycles. The summed E-state index contributed by atoms with van der Waals surface area (Å²) in [7, 11) is 0. The van der Waals surface area contributed by atoms with Crippen molar-refractivity contribution in [2.45, 2.75) is 6.42 Å². The predicted molar refractivity (Wildman–Crippen MR) is 117 cm³/mol. The van der Waals surface area contributed by atoms with Gasteiger partial charge in [0.15, 0.2) is 6.61 Å². The number of nitrogens with one attached hydrogen (secondary N) is 1. The third-order valence-electron chi connectivity index (χ3n) is 6.29. The van der Waals surface area contributed by atoms with Gasteiger partial charge < -0.3 is 10.1 Å². The SMILES string of the molecule is O=C(COC(=O)c1cccc(N2C(=O)[C@@H]3[C@@H](C2=O)[C@H]2C=C[C@H]3C2)c1)Nc1ccccc1Cl. The van der Waals surface area contributed by atoms with Crippen molar-refractivity contribution in [2.75, 3.05) is 16.8 Å². The number of carbonyl (C=O) groups is 4. The van der Waals surface area contributed by atoms with Gasteiger partial charge in [0.1, 0.15) is 0 Å². The van der Waals surface area contributed by atoms with E-state index in [9.17, 15) is 19.2 Å². The summed E-state index contributed by atoms with van der Waals surface area (Å²) in [5.41, 5.74) is 0.896. The second kappa shape index (κ2) is 7.91. The Morgan fingerprint density at radius 2 is 1.69 bits per heavy atom. The number of anilines is 2. The van der Waals surface area contributed by atoms with Crippen molar-refractivity contribution in [3.05, 3.63) is 71.3 Å². The molecular weight excluding hydrogens is 432 g/mol. The molecule has 8 heteroatoms. The number of halogens is 1. The summed E-state index contributed by atoms with van der Waals surface area (Å²) in [4.78, 5) is 51.7. The molecule has 1 saturated carbocycles. The van der Waals surface area contributed by atoms with E-state index in [-0.39, 0.29) is 41.0 Å². The van der Waals surface area contributed by atoms with Gasteiger partial charge in [-0.25, -0.2) is 9.69 Å². The molecule has 1 saturated heterocycles. The molecule has 3 aliphatic rings. The fourth-order valence-electron chi connectivity index (χ4n) is 4.89. The lowest BCUT2D eigenvalue weighted by Crippen LogP contribution is -2.33. The molecule has 0 radical (unpaired) electrons. The second-order valence-electron chi connectivity index (χ2n) is 8.17. The summed E-state index contributed by atoms with van der Waals surface area (Å²) in [6.45, 7) is -0.505. The first-order valence-corrected chi connectivity index (χ1v) is 10.7. The van der Waals surface area contributed by atoms with Gasteiger partial charge in [-0.3, -0.25) is 14.4 Å². The third-order valence-corrected chi connectivity index (χ3v) is 6.62. The van der Waals surface area contributed by atoms with Crippen LogP contribution in [0.15, 0.2) is 60.7 Å². The van der Waals surface area contributed by atoms with Gasteiger partial charge in [0.25, 0.3) is 5.91 Å². The van der Waals surface area contributed by atoms with Gasteiger partial charge in [-0.1, -0.05) is 42.0 Å². The van der Waals surface area contributed by atoms with Crippen LogP contribution in [-0.4, -0.2) is 30.3 Å². The van der Waals surface area contributed by atoms with Crippen molar-refractivity contribution in [3.8, 4) is 0 Å². The van der Waals surface area contributed by atoms with E-state index >= 15 is 0 Å². The molecule has 5 rings (SSSR count). The molecule has 1 heterocycles. The number of nitrogens with zero attached hydrogens (tertiary/aromatic N) is 1. The molecule has 2 bridgehead atoms.